The quantitative estimate of drug-likeness (QED) is 0.132. The smallest absolute Gasteiger partial charge is 0.124 e. The van der Waals surface area contributed by atoms with E-state index in [1.807, 2.05) is 0 Å². The predicted molar refractivity (Wildman–Crippen MR) is 224 cm³/mol. The molecule has 0 aromatic heterocycles. The molecule has 1 fully saturated rings. The van der Waals surface area contributed by atoms with E-state index < -0.39 is 21.9 Å². The molecule has 0 aliphatic heterocycles. The topological polar surface area (TPSA) is 41.9 Å². The summed E-state index contributed by atoms with van der Waals surface area (Å²) in [7, 11) is 6.13. The molecule has 1 aliphatic rings. The SMILES string of the molecule is COc1c(C)cc(P(c2cc(C)c(OC)c(C)c2)C2CCC([C@@H](C)N(C)C)C2C(O)c2ccccc2P(c2ccccc2)c2ccccc2)cc1C. The van der Waals surface area contributed by atoms with E-state index >= 15 is 0 Å². The second-order valence-electron chi connectivity index (χ2n) is 14.7. The van der Waals surface area contributed by atoms with Crippen molar-refractivity contribution in [1.82, 2.24) is 4.90 Å². The number of benzene rings is 5. The Morgan fingerprint density at radius 1 is 0.635 bits per heavy atom. The molecule has 52 heavy (non-hydrogen) atoms. The molecule has 0 amide bonds. The van der Waals surface area contributed by atoms with Crippen LogP contribution in [0.25, 0.3) is 0 Å². The Morgan fingerprint density at radius 3 is 1.52 bits per heavy atom. The summed E-state index contributed by atoms with van der Waals surface area (Å²) in [4.78, 5) is 2.35. The van der Waals surface area contributed by atoms with Crippen LogP contribution in [-0.4, -0.2) is 50.0 Å². The molecule has 0 heterocycles. The van der Waals surface area contributed by atoms with Gasteiger partial charge in [0.2, 0.25) is 0 Å². The van der Waals surface area contributed by atoms with E-state index in [-0.39, 0.29) is 11.6 Å². The van der Waals surface area contributed by atoms with E-state index in [1.54, 1.807) is 14.2 Å². The van der Waals surface area contributed by atoms with Crippen LogP contribution >= 0.6 is 15.8 Å². The van der Waals surface area contributed by atoms with Crippen molar-refractivity contribution in [3.8, 4) is 11.5 Å². The Bertz CT molecular complexity index is 1820. The van der Waals surface area contributed by atoms with Gasteiger partial charge in [0.25, 0.3) is 0 Å². The lowest BCUT2D eigenvalue weighted by molar-refractivity contribution is 0.0616. The summed E-state index contributed by atoms with van der Waals surface area (Å²) in [5, 5.41) is 19.7. The van der Waals surface area contributed by atoms with Gasteiger partial charge < -0.3 is 19.5 Å². The molecular formula is C46H55NO3P2. The summed E-state index contributed by atoms with van der Waals surface area (Å²) in [5.41, 5.74) is 5.94. The molecule has 5 aromatic carbocycles. The minimum Gasteiger partial charge on any atom is -0.496 e. The normalized spacial score (nSPS) is 18.6. The van der Waals surface area contributed by atoms with E-state index in [0.717, 1.165) is 52.2 Å². The van der Waals surface area contributed by atoms with Crippen LogP contribution in [0, 0.1) is 39.5 Å². The van der Waals surface area contributed by atoms with Gasteiger partial charge >= 0.3 is 0 Å². The summed E-state index contributed by atoms with van der Waals surface area (Å²) in [6.45, 7) is 11.0. The van der Waals surface area contributed by atoms with Crippen LogP contribution in [0.1, 0.15) is 53.7 Å². The minimum absolute atomic E-state index is 0.0403. The van der Waals surface area contributed by atoms with E-state index in [2.05, 4.69) is 163 Å². The molecule has 1 saturated carbocycles. The highest BCUT2D eigenvalue weighted by Crippen LogP contribution is 2.57. The van der Waals surface area contributed by atoms with Crippen LogP contribution in [0.4, 0.5) is 0 Å². The van der Waals surface area contributed by atoms with Crippen molar-refractivity contribution in [2.45, 2.75) is 65.3 Å². The lowest BCUT2D eigenvalue weighted by Crippen LogP contribution is -2.40. The van der Waals surface area contributed by atoms with E-state index in [4.69, 9.17) is 9.47 Å². The number of aliphatic hydroxyl groups excluding tert-OH is 1. The molecule has 0 radical (unpaired) electrons. The molecule has 1 aliphatic carbocycles. The first-order valence-corrected chi connectivity index (χ1v) is 21.2. The molecule has 5 atom stereocenters. The first-order chi connectivity index (χ1) is 25.0. The molecule has 0 spiro atoms. The fourth-order valence-corrected chi connectivity index (χ4v) is 14.8. The van der Waals surface area contributed by atoms with Crippen LogP contribution in [0.5, 0.6) is 11.5 Å². The average Bonchev–Trinajstić information content (AvgIpc) is 3.56. The Kier molecular flexibility index (Phi) is 12.2. The molecule has 272 valence electrons. The zero-order chi connectivity index (χ0) is 37.1. The van der Waals surface area contributed by atoms with Crippen LogP contribution in [0.2, 0.25) is 0 Å². The predicted octanol–water partition coefficient (Wildman–Crippen LogP) is 8.21. The number of ether oxygens (including phenoxy) is 2. The Labute approximate surface area is 314 Å². The van der Waals surface area contributed by atoms with Crippen molar-refractivity contribution in [1.29, 1.82) is 0 Å². The maximum Gasteiger partial charge on any atom is 0.124 e. The minimum atomic E-state index is -0.894. The highest BCUT2D eigenvalue weighted by molar-refractivity contribution is 7.80. The Balaban J connectivity index is 1.56. The van der Waals surface area contributed by atoms with Crippen LogP contribution in [0.3, 0.4) is 0 Å². The monoisotopic (exact) mass is 731 g/mol. The fourth-order valence-electron chi connectivity index (χ4n) is 8.76. The van der Waals surface area contributed by atoms with Gasteiger partial charge in [0.05, 0.1) is 20.3 Å². The number of nitrogens with zero attached hydrogens (tertiary/aromatic N) is 1. The van der Waals surface area contributed by atoms with Gasteiger partial charge in [-0.05, 0) is 168 Å². The van der Waals surface area contributed by atoms with Crippen LogP contribution < -0.4 is 36.0 Å². The zero-order valence-corrected chi connectivity index (χ0v) is 34.1. The molecule has 4 unspecified atom stereocenters. The first-order valence-electron chi connectivity index (χ1n) is 18.5. The maximum absolute atomic E-state index is 13.2. The van der Waals surface area contributed by atoms with Gasteiger partial charge in [0, 0.05) is 12.0 Å². The largest absolute Gasteiger partial charge is 0.496 e. The molecule has 0 bridgehead atoms. The second-order valence-corrected chi connectivity index (χ2v) is 19.3. The molecule has 1 N–H and O–H groups in total. The molecular weight excluding hydrogens is 676 g/mol. The Hall–Kier alpha value is -3.52. The van der Waals surface area contributed by atoms with Crippen molar-refractivity contribution in [2.24, 2.45) is 11.8 Å². The maximum atomic E-state index is 13.2. The standard InChI is InChI=1S/C46H55NO3P2/c1-30-26-37(27-31(2)45(30)49-8)52(38-28-32(3)46(50-9)33(4)29-38)42-25-24-39(34(5)47(6)7)43(42)44(48)40-22-16-17-23-41(40)51(35-18-12-10-13-19-35)36-20-14-11-15-21-36/h10-23,26-29,34,39,42-44,48H,24-25H2,1-9H3/t34-,39?,42?,43?,44?/m1/s1. The number of hydrogen-bond acceptors (Lipinski definition) is 4. The van der Waals surface area contributed by atoms with E-state index in [1.165, 1.54) is 26.5 Å². The lowest BCUT2D eigenvalue weighted by Gasteiger charge is -2.40. The summed E-state index contributed by atoms with van der Waals surface area (Å²) >= 11 is 0. The van der Waals surface area contributed by atoms with Gasteiger partial charge in [-0.2, -0.15) is 0 Å². The van der Waals surface area contributed by atoms with Gasteiger partial charge in [-0.25, -0.2) is 0 Å². The van der Waals surface area contributed by atoms with Gasteiger partial charge in [0.15, 0.2) is 0 Å². The lowest BCUT2D eigenvalue weighted by atomic mass is 9.82. The highest BCUT2D eigenvalue weighted by Gasteiger charge is 2.48. The molecule has 4 nitrogen and oxygen atoms in total. The third-order valence-corrected chi connectivity index (χ3v) is 16.7. The summed E-state index contributed by atoms with van der Waals surface area (Å²) < 4.78 is 11.7. The molecule has 0 saturated heterocycles. The third kappa shape index (κ3) is 7.60. The van der Waals surface area contributed by atoms with Crippen LogP contribution in [0.15, 0.2) is 109 Å². The molecule has 6 rings (SSSR count). The van der Waals surface area contributed by atoms with Crippen molar-refractivity contribution >= 4 is 42.4 Å². The number of methoxy groups -OCH3 is 2. The molecule has 5 aromatic rings. The van der Waals surface area contributed by atoms with Gasteiger partial charge in [-0.3, -0.25) is 0 Å². The number of rotatable bonds is 12. The summed E-state index contributed by atoms with van der Waals surface area (Å²) in [5.74, 6) is 2.26. The van der Waals surface area contributed by atoms with Gasteiger partial charge in [-0.15, -0.1) is 0 Å². The zero-order valence-electron chi connectivity index (χ0n) is 32.3. The number of aliphatic hydroxyl groups is 1. The van der Waals surface area contributed by atoms with Gasteiger partial charge in [-0.1, -0.05) is 84.9 Å². The first kappa shape index (κ1) is 38.2. The molecule has 6 heteroatoms. The average molecular weight is 732 g/mol. The van der Waals surface area contributed by atoms with Crippen molar-refractivity contribution in [3.63, 3.8) is 0 Å². The second kappa shape index (κ2) is 16.7. The number of aryl methyl sites for hydroxylation is 4. The van der Waals surface area contributed by atoms with Crippen molar-refractivity contribution < 1.29 is 14.6 Å². The summed E-state index contributed by atoms with van der Waals surface area (Å²) in [6, 6.07) is 40.2. The van der Waals surface area contributed by atoms with Crippen LogP contribution in [-0.2, 0) is 0 Å². The van der Waals surface area contributed by atoms with Crippen molar-refractivity contribution in [2.75, 3.05) is 28.3 Å². The third-order valence-electron chi connectivity index (χ3n) is 11.2. The van der Waals surface area contributed by atoms with E-state index in [0.29, 0.717) is 12.0 Å². The Morgan fingerprint density at radius 2 is 1.08 bits per heavy atom. The number of hydrogen-bond donors (Lipinski definition) is 1. The highest BCUT2D eigenvalue weighted by atomic mass is 31.1. The fraction of sp³-hybridized carbons (Fsp3) is 0.348. The van der Waals surface area contributed by atoms with E-state index in [9.17, 15) is 5.11 Å². The van der Waals surface area contributed by atoms with Crippen molar-refractivity contribution in [3.05, 3.63) is 137 Å². The summed E-state index contributed by atoms with van der Waals surface area (Å²) in [6.07, 6.45) is 1.49. The van der Waals surface area contributed by atoms with Gasteiger partial charge in [0.1, 0.15) is 11.5 Å².